The third-order valence-corrected chi connectivity index (χ3v) is 4.78. The molecule has 1 heterocycles. The maximum Gasteiger partial charge on any atom is 0.0146 e. The van der Waals surface area contributed by atoms with Crippen LogP contribution in [0.15, 0.2) is 11.1 Å². The maximum atomic E-state index is 2.31. The van der Waals surface area contributed by atoms with Crippen LogP contribution in [0.25, 0.3) is 0 Å². The molecule has 0 N–H and O–H groups in total. The molecule has 1 aliphatic heterocycles. The lowest BCUT2D eigenvalue weighted by atomic mass is 9.96. The summed E-state index contributed by atoms with van der Waals surface area (Å²) in [7, 11) is 0. The Morgan fingerprint density at radius 3 is 2.29 bits per heavy atom. The van der Waals surface area contributed by atoms with E-state index in [9.17, 15) is 0 Å². The van der Waals surface area contributed by atoms with Crippen LogP contribution in [0, 0.1) is 0 Å². The monoisotopic (exact) mass is 254 g/mol. The number of rotatable bonds is 9. The van der Waals surface area contributed by atoms with Crippen molar-refractivity contribution in [1.82, 2.24) is 0 Å². The first kappa shape index (κ1) is 15.1. The first-order valence-electron chi connectivity index (χ1n) is 7.66. The predicted octanol–water partition coefficient (Wildman–Crippen LogP) is 5.97. The standard InChI is InChI=1S/C16H30S/c1-3-5-7-8-9-11-15(10-6-4-2)16-12-13-17-14-16/h3-14H2,1-2H3/b16-15+. The molecule has 1 fully saturated rings. The molecule has 1 saturated heterocycles. The first-order chi connectivity index (χ1) is 8.38. The second kappa shape index (κ2) is 10.1. The summed E-state index contributed by atoms with van der Waals surface area (Å²) in [5.41, 5.74) is 3.66. The molecule has 0 amide bonds. The maximum absolute atomic E-state index is 2.31. The van der Waals surface area contributed by atoms with E-state index >= 15 is 0 Å². The van der Waals surface area contributed by atoms with E-state index in [1.807, 2.05) is 11.1 Å². The minimum Gasteiger partial charge on any atom is -0.157 e. The molecule has 17 heavy (non-hydrogen) atoms. The topological polar surface area (TPSA) is 0 Å². The first-order valence-corrected chi connectivity index (χ1v) is 8.81. The molecule has 0 nitrogen and oxygen atoms in total. The lowest BCUT2D eigenvalue weighted by Gasteiger charge is -2.11. The summed E-state index contributed by atoms with van der Waals surface area (Å²) >= 11 is 2.13. The van der Waals surface area contributed by atoms with Crippen LogP contribution in [-0.2, 0) is 0 Å². The molecule has 1 rings (SSSR count). The number of hydrogen-bond acceptors (Lipinski definition) is 1. The molecule has 100 valence electrons. The summed E-state index contributed by atoms with van der Waals surface area (Å²) in [6.07, 6.45) is 14.0. The van der Waals surface area contributed by atoms with Gasteiger partial charge >= 0.3 is 0 Å². The fourth-order valence-electron chi connectivity index (χ4n) is 2.55. The second-order valence-corrected chi connectivity index (χ2v) is 6.38. The van der Waals surface area contributed by atoms with Gasteiger partial charge in [0.2, 0.25) is 0 Å². The lowest BCUT2D eigenvalue weighted by Crippen LogP contribution is -1.93. The van der Waals surface area contributed by atoms with Gasteiger partial charge in [-0.05, 0) is 37.9 Å². The van der Waals surface area contributed by atoms with Crippen molar-refractivity contribution in [1.29, 1.82) is 0 Å². The predicted molar refractivity (Wildman–Crippen MR) is 81.9 cm³/mol. The van der Waals surface area contributed by atoms with Crippen LogP contribution in [-0.4, -0.2) is 11.5 Å². The molecule has 0 radical (unpaired) electrons. The Morgan fingerprint density at radius 2 is 1.65 bits per heavy atom. The van der Waals surface area contributed by atoms with E-state index in [1.54, 1.807) is 0 Å². The van der Waals surface area contributed by atoms with Crippen molar-refractivity contribution in [3.05, 3.63) is 11.1 Å². The lowest BCUT2D eigenvalue weighted by molar-refractivity contribution is 0.616. The van der Waals surface area contributed by atoms with Crippen molar-refractivity contribution in [2.75, 3.05) is 11.5 Å². The summed E-state index contributed by atoms with van der Waals surface area (Å²) < 4.78 is 0. The van der Waals surface area contributed by atoms with E-state index < -0.39 is 0 Å². The van der Waals surface area contributed by atoms with Gasteiger partial charge in [0.05, 0.1) is 0 Å². The van der Waals surface area contributed by atoms with Gasteiger partial charge in [-0.15, -0.1) is 0 Å². The Kier molecular flexibility index (Phi) is 8.96. The number of allylic oxidation sites excluding steroid dienone is 1. The highest BCUT2D eigenvalue weighted by atomic mass is 32.2. The third kappa shape index (κ3) is 6.55. The minimum absolute atomic E-state index is 1.34. The molecule has 1 heteroatoms. The highest BCUT2D eigenvalue weighted by Crippen LogP contribution is 2.30. The molecule has 0 unspecified atom stereocenters. The zero-order chi connectivity index (χ0) is 12.3. The molecule has 0 bridgehead atoms. The molecule has 0 spiro atoms. The molecular weight excluding hydrogens is 224 g/mol. The van der Waals surface area contributed by atoms with Gasteiger partial charge in [-0.25, -0.2) is 0 Å². The van der Waals surface area contributed by atoms with E-state index in [4.69, 9.17) is 0 Å². The highest BCUT2D eigenvalue weighted by molar-refractivity contribution is 7.99. The van der Waals surface area contributed by atoms with Gasteiger partial charge in [-0.1, -0.05) is 57.1 Å². The van der Waals surface area contributed by atoms with E-state index in [0.29, 0.717) is 0 Å². The summed E-state index contributed by atoms with van der Waals surface area (Å²) in [6.45, 7) is 4.61. The Morgan fingerprint density at radius 1 is 0.941 bits per heavy atom. The third-order valence-electron chi connectivity index (χ3n) is 3.74. The minimum atomic E-state index is 1.34. The second-order valence-electron chi connectivity index (χ2n) is 5.28. The van der Waals surface area contributed by atoms with Crippen LogP contribution >= 0.6 is 11.8 Å². The smallest absolute Gasteiger partial charge is 0.0146 e. The summed E-state index contributed by atoms with van der Waals surface area (Å²) in [4.78, 5) is 0. The highest BCUT2D eigenvalue weighted by Gasteiger charge is 2.12. The summed E-state index contributed by atoms with van der Waals surface area (Å²) in [5, 5.41) is 0. The van der Waals surface area contributed by atoms with E-state index in [2.05, 4.69) is 25.6 Å². The van der Waals surface area contributed by atoms with Crippen molar-refractivity contribution in [2.45, 2.75) is 78.1 Å². The number of hydrogen-bond donors (Lipinski definition) is 0. The largest absolute Gasteiger partial charge is 0.157 e. The van der Waals surface area contributed by atoms with Gasteiger partial charge in [-0.3, -0.25) is 0 Å². The van der Waals surface area contributed by atoms with Crippen molar-refractivity contribution in [3.63, 3.8) is 0 Å². The molecule has 0 aromatic carbocycles. The van der Waals surface area contributed by atoms with Crippen LogP contribution in [0.1, 0.15) is 78.1 Å². The Labute approximate surface area is 113 Å². The van der Waals surface area contributed by atoms with Crippen molar-refractivity contribution in [3.8, 4) is 0 Å². The summed E-state index contributed by atoms with van der Waals surface area (Å²) in [6, 6.07) is 0. The van der Waals surface area contributed by atoms with E-state index in [0.717, 1.165) is 0 Å². The van der Waals surface area contributed by atoms with Gasteiger partial charge in [0.25, 0.3) is 0 Å². The van der Waals surface area contributed by atoms with Crippen LogP contribution in [0.4, 0.5) is 0 Å². The van der Waals surface area contributed by atoms with Gasteiger partial charge in [0.15, 0.2) is 0 Å². The normalized spacial score (nSPS) is 18.7. The fraction of sp³-hybridized carbons (Fsp3) is 0.875. The molecular formula is C16H30S. The Balaban J connectivity index is 2.28. The Bertz CT molecular complexity index is 210. The van der Waals surface area contributed by atoms with Crippen LogP contribution in [0.3, 0.4) is 0 Å². The summed E-state index contributed by atoms with van der Waals surface area (Å²) in [5.74, 6) is 2.72. The van der Waals surface area contributed by atoms with Crippen molar-refractivity contribution < 1.29 is 0 Å². The van der Waals surface area contributed by atoms with E-state index in [-0.39, 0.29) is 0 Å². The average Bonchev–Trinajstić information content (AvgIpc) is 2.86. The van der Waals surface area contributed by atoms with Crippen LogP contribution in [0.5, 0.6) is 0 Å². The molecule has 0 aliphatic carbocycles. The van der Waals surface area contributed by atoms with Gasteiger partial charge < -0.3 is 0 Å². The fourth-order valence-corrected chi connectivity index (χ4v) is 3.68. The zero-order valence-corrected chi connectivity index (χ0v) is 12.7. The van der Waals surface area contributed by atoms with Gasteiger partial charge in [-0.2, -0.15) is 11.8 Å². The molecule has 0 aromatic heterocycles. The van der Waals surface area contributed by atoms with Crippen LogP contribution in [0.2, 0.25) is 0 Å². The molecule has 0 saturated carbocycles. The quantitative estimate of drug-likeness (QED) is 0.361. The number of thioether (sulfide) groups is 1. The van der Waals surface area contributed by atoms with E-state index in [1.165, 1.54) is 75.7 Å². The Hall–Kier alpha value is 0.0900. The SMILES string of the molecule is CCCCCCC/C(CCCC)=C1\CCSC1. The van der Waals surface area contributed by atoms with Crippen LogP contribution < -0.4 is 0 Å². The molecule has 0 aromatic rings. The van der Waals surface area contributed by atoms with Gasteiger partial charge in [0, 0.05) is 5.75 Å². The average molecular weight is 254 g/mol. The molecule has 1 aliphatic rings. The van der Waals surface area contributed by atoms with Gasteiger partial charge in [0.1, 0.15) is 0 Å². The molecule has 0 atom stereocenters. The van der Waals surface area contributed by atoms with Crippen molar-refractivity contribution >= 4 is 11.8 Å². The number of unbranched alkanes of at least 4 members (excludes halogenated alkanes) is 5. The zero-order valence-electron chi connectivity index (χ0n) is 11.9. The van der Waals surface area contributed by atoms with Crippen molar-refractivity contribution in [2.24, 2.45) is 0 Å².